The van der Waals surface area contributed by atoms with E-state index in [1.807, 2.05) is 43.3 Å². The highest BCUT2D eigenvalue weighted by atomic mass is 15.3. The van der Waals surface area contributed by atoms with Crippen LogP contribution in [0.5, 0.6) is 0 Å². The molecule has 0 atom stereocenters. The van der Waals surface area contributed by atoms with E-state index in [2.05, 4.69) is 29.6 Å². The van der Waals surface area contributed by atoms with Crippen molar-refractivity contribution >= 4 is 17.3 Å². The number of hydrazine groups is 1. The molecule has 1 aromatic carbocycles. The van der Waals surface area contributed by atoms with Gasteiger partial charge in [-0.1, -0.05) is 19.9 Å². The predicted octanol–water partition coefficient (Wildman–Crippen LogP) is 1.64. The van der Waals surface area contributed by atoms with Crippen molar-refractivity contribution in [2.75, 3.05) is 30.9 Å². The van der Waals surface area contributed by atoms with Gasteiger partial charge in [-0.15, -0.1) is 0 Å². The molecule has 4 N–H and O–H groups in total. The fourth-order valence-electron chi connectivity index (χ4n) is 1.39. The number of aliphatic imine (C=N–C) groups is 1. The molecule has 0 saturated heterocycles. The molecular weight excluding hydrogens is 226 g/mol. The smallest absolute Gasteiger partial charge is 0.210 e. The monoisotopic (exact) mass is 249 g/mol. The first kappa shape index (κ1) is 14.3. The number of hydrogen-bond donors (Lipinski definition) is 3. The molecule has 0 unspecified atom stereocenters. The van der Waals surface area contributed by atoms with Crippen LogP contribution in [0.25, 0.3) is 0 Å². The summed E-state index contributed by atoms with van der Waals surface area (Å²) in [5.41, 5.74) is 4.66. The van der Waals surface area contributed by atoms with Gasteiger partial charge in [0, 0.05) is 32.0 Å². The summed E-state index contributed by atoms with van der Waals surface area (Å²) in [7, 11) is 4.02. The summed E-state index contributed by atoms with van der Waals surface area (Å²) in [5, 5.41) is 3.17. The van der Waals surface area contributed by atoms with Crippen molar-refractivity contribution in [2.24, 2.45) is 16.8 Å². The number of nitrogens with two attached hydrogens (primary N) is 1. The van der Waals surface area contributed by atoms with Crippen LogP contribution in [0, 0.1) is 5.92 Å². The lowest BCUT2D eigenvalue weighted by Gasteiger charge is -2.15. The van der Waals surface area contributed by atoms with Crippen LogP contribution in [0.4, 0.5) is 11.4 Å². The van der Waals surface area contributed by atoms with E-state index >= 15 is 0 Å². The highest BCUT2D eigenvalue weighted by Crippen LogP contribution is 2.16. The molecule has 18 heavy (non-hydrogen) atoms. The molecule has 0 spiro atoms. The maximum absolute atomic E-state index is 5.45. The summed E-state index contributed by atoms with van der Waals surface area (Å²) in [6.45, 7) is 4.97. The van der Waals surface area contributed by atoms with Crippen molar-refractivity contribution in [3.05, 3.63) is 24.3 Å². The van der Waals surface area contributed by atoms with Gasteiger partial charge in [0.25, 0.3) is 0 Å². The van der Waals surface area contributed by atoms with Crippen molar-refractivity contribution in [1.82, 2.24) is 5.43 Å². The first-order valence-corrected chi connectivity index (χ1v) is 6.08. The van der Waals surface area contributed by atoms with Gasteiger partial charge in [-0.25, -0.2) is 5.84 Å². The maximum atomic E-state index is 5.45. The average molecular weight is 249 g/mol. The van der Waals surface area contributed by atoms with Crippen LogP contribution in [-0.2, 0) is 0 Å². The Bertz CT molecular complexity index is 398. The third-order valence-corrected chi connectivity index (χ3v) is 2.38. The van der Waals surface area contributed by atoms with Crippen molar-refractivity contribution in [1.29, 1.82) is 0 Å². The SMILES string of the molecule is CC(C)CN=C(NN)Nc1cccc(N(C)C)c1. The van der Waals surface area contributed by atoms with Crippen molar-refractivity contribution in [3.8, 4) is 0 Å². The number of guanidine groups is 1. The third kappa shape index (κ3) is 4.63. The zero-order chi connectivity index (χ0) is 13.5. The Hall–Kier alpha value is -1.75. The van der Waals surface area contributed by atoms with Gasteiger partial charge in [0.1, 0.15) is 0 Å². The van der Waals surface area contributed by atoms with Crippen LogP contribution in [0.2, 0.25) is 0 Å². The third-order valence-electron chi connectivity index (χ3n) is 2.38. The molecule has 0 bridgehead atoms. The zero-order valence-electron chi connectivity index (χ0n) is 11.6. The standard InChI is InChI=1S/C13H23N5/c1-10(2)9-15-13(17-14)16-11-6-5-7-12(8-11)18(3)4/h5-8,10H,9,14H2,1-4H3,(H2,15,16,17). The number of benzene rings is 1. The van der Waals surface area contributed by atoms with Crippen molar-refractivity contribution in [2.45, 2.75) is 13.8 Å². The fraction of sp³-hybridized carbons (Fsp3) is 0.462. The van der Waals surface area contributed by atoms with Gasteiger partial charge in [0.15, 0.2) is 0 Å². The fourth-order valence-corrected chi connectivity index (χ4v) is 1.39. The highest BCUT2D eigenvalue weighted by Gasteiger charge is 2.01. The molecular formula is C13H23N5. The molecule has 0 fully saturated rings. The van der Waals surface area contributed by atoms with Gasteiger partial charge in [0.2, 0.25) is 5.96 Å². The van der Waals surface area contributed by atoms with Crippen LogP contribution in [0.1, 0.15) is 13.8 Å². The lowest BCUT2D eigenvalue weighted by Crippen LogP contribution is -2.36. The van der Waals surface area contributed by atoms with Gasteiger partial charge in [0.05, 0.1) is 0 Å². The molecule has 0 amide bonds. The summed E-state index contributed by atoms with van der Waals surface area (Å²) in [6, 6.07) is 8.07. The van der Waals surface area contributed by atoms with Gasteiger partial charge >= 0.3 is 0 Å². The van der Waals surface area contributed by atoms with Crippen molar-refractivity contribution < 1.29 is 0 Å². The Morgan fingerprint density at radius 1 is 1.39 bits per heavy atom. The van der Waals surface area contributed by atoms with E-state index in [-0.39, 0.29) is 0 Å². The number of rotatable bonds is 4. The van der Waals surface area contributed by atoms with Crippen molar-refractivity contribution in [3.63, 3.8) is 0 Å². The second kappa shape index (κ2) is 6.86. The Morgan fingerprint density at radius 2 is 2.11 bits per heavy atom. The first-order valence-electron chi connectivity index (χ1n) is 6.08. The van der Waals surface area contributed by atoms with Gasteiger partial charge in [-0.2, -0.15) is 0 Å². The normalized spacial score (nSPS) is 11.6. The second-order valence-electron chi connectivity index (χ2n) is 4.80. The number of nitrogens with one attached hydrogen (secondary N) is 2. The molecule has 0 aliphatic rings. The summed E-state index contributed by atoms with van der Waals surface area (Å²) < 4.78 is 0. The Kier molecular flexibility index (Phi) is 5.45. The molecule has 1 rings (SSSR count). The lowest BCUT2D eigenvalue weighted by molar-refractivity contribution is 0.663. The van der Waals surface area contributed by atoms with Gasteiger partial charge in [-0.3, -0.25) is 10.4 Å². The van der Waals surface area contributed by atoms with E-state index in [1.54, 1.807) is 0 Å². The summed E-state index contributed by atoms with van der Waals surface area (Å²) >= 11 is 0. The van der Waals surface area contributed by atoms with Crippen LogP contribution in [-0.4, -0.2) is 26.6 Å². The zero-order valence-corrected chi connectivity index (χ0v) is 11.6. The molecule has 0 aliphatic heterocycles. The van der Waals surface area contributed by atoms with Crippen LogP contribution in [0.15, 0.2) is 29.3 Å². The molecule has 0 heterocycles. The van der Waals surface area contributed by atoms with E-state index in [4.69, 9.17) is 5.84 Å². The number of anilines is 2. The number of hydrogen-bond acceptors (Lipinski definition) is 3. The average Bonchev–Trinajstić information content (AvgIpc) is 2.34. The molecule has 100 valence electrons. The largest absolute Gasteiger partial charge is 0.378 e. The number of nitrogens with zero attached hydrogens (tertiary/aromatic N) is 2. The van der Waals surface area contributed by atoms with Crippen LogP contribution in [0.3, 0.4) is 0 Å². The Labute approximate surface area is 109 Å². The molecule has 0 saturated carbocycles. The minimum absolute atomic E-state index is 0.503. The highest BCUT2D eigenvalue weighted by molar-refractivity contribution is 5.93. The van der Waals surface area contributed by atoms with E-state index < -0.39 is 0 Å². The van der Waals surface area contributed by atoms with E-state index in [1.165, 1.54) is 0 Å². The van der Waals surface area contributed by atoms with Gasteiger partial charge in [-0.05, 0) is 24.1 Å². The summed E-state index contributed by atoms with van der Waals surface area (Å²) in [6.07, 6.45) is 0. The first-order chi connectivity index (χ1) is 8.52. The molecule has 5 nitrogen and oxygen atoms in total. The Morgan fingerprint density at radius 3 is 2.67 bits per heavy atom. The molecule has 0 aliphatic carbocycles. The predicted molar refractivity (Wildman–Crippen MR) is 78.9 cm³/mol. The molecule has 0 aromatic heterocycles. The Balaban J connectivity index is 2.75. The maximum Gasteiger partial charge on any atom is 0.210 e. The minimum Gasteiger partial charge on any atom is -0.378 e. The minimum atomic E-state index is 0.503. The summed E-state index contributed by atoms with van der Waals surface area (Å²) in [5.74, 6) is 6.54. The molecule has 1 aromatic rings. The quantitative estimate of drug-likeness (QED) is 0.328. The topological polar surface area (TPSA) is 65.7 Å². The van der Waals surface area contributed by atoms with E-state index in [0.29, 0.717) is 11.9 Å². The van der Waals surface area contributed by atoms with Gasteiger partial charge < -0.3 is 10.2 Å². The second-order valence-corrected chi connectivity index (χ2v) is 4.80. The van der Waals surface area contributed by atoms with E-state index in [0.717, 1.165) is 17.9 Å². The van der Waals surface area contributed by atoms with Crippen LogP contribution < -0.4 is 21.5 Å². The lowest BCUT2D eigenvalue weighted by atomic mass is 10.2. The van der Waals surface area contributed by atoms with E-state index in [9.17, 15) is 0 Å². The molecule has 0 radical (unpaired) electrons. The molecule has 5 heteroatoms. The summed E-state index contributed by atoms with van der Waals surface area (Å²) in [4.78, 5) is 6.41. The van der Waals surface area contributed by atoms with Crippen LogP contribution >= 0.6 is 0 Å².